The summed E-state index contributed by atoms with van der Waals surface area (Å²) in [5.74, 6) is 0. The normalized spacial score (nSPS) is 13.1. The standard InChI is InChI=1S/C31H61NO2/c1-5-7-9-11-13-14-15-16-17-18-19-20-21-23-25-27-29-34-31(30-32(3)4)33-28-26-24-22-12-10-8-6-2/h13-14,16-17,31H,5-12,15,18-30H2,1-4H3/b14-13-,17-16-. The Labute approximate surface area is 214 Å². The van der Waals surface area contributed by atoms with Gasteiger partial charge in [-0.2, -0.15) is 0 Å². The molecule has 0 heterocycles. The van der Waals surface area contributed by atoms with Gasteiger partial charge < -0.3 is 14.4 Å². The van der Waals surface area contributed by atoms with E-state index in [0.29, 0.717) is 0 Å². The first-order valence-corrected chi connectivity index (χ1v) is 14.9. The van der Waals surface area contributed by atoms with E-state index in [9.17, 15) is 0 Å². The predicted molar refractivity (Wildman–Crippen MR) is 152 cm³/mol. The SMILES string of the molecule is CCCCC/C=C\C/C=C\CCCCCCCCOC(CN(C)C)OCCCCCCCCC. The topological polar surface area (TPSA) is 21.7 Å². The van der Waals surface area contributed by atoms with Crippen molar-refractivity contribution < 1.29 is 9.47 Å². The molecule has 0 aliphatic heterocycles. The van der Waals surface area contributed by atoms with Crippen LogP contribution in [-0.2, 0) is 9.47 Å². The fourth-order valence-electron chi connectivity index (χ4n) is 4.03. The molecule has 3 nitrogen and oxygen atoms in total. The molecule has 0 saturated carbocycles. The number of rotatable bonds is 27. The van der Waals surface area contributed by atoms with E-state index < -0.39 is 0 Å². The first-order chi connectivity index (χ1) is 16.7. The molecule has 0 aromatic rings. The van der Waals surface area contributed by atoms with Gasteiger partial charge in [-0.1, -0.05) is 115 Å². The number of likely N-dealkylation sites (N-methyl/N-ethyl adjacent to an activating group) is 1. The predicted octanol–water partition coefficient (Wildman–Crippen LogP) is 9.47. The highest BCUT2D eigenvalue weighted by Crippen LogP contribution is 2.10. The molecule has 34 heavy (non-hydrogen) atoms. The van der Waals surface area contributed by atoms with E-state index in [4.69, 9.17) is 9.47 Å². The number of nitrogens with zero attached hydrogens (tertiary/aromatic N) is 1. The van der Waals surface area contributed by atoms with Gasteiger partial charge in [-0.15, -0.1) is 0 Å². The lowest BCUT2D eigenvalue weighted by Crippen LogP contribution is -2.31. The third-order valence-electron chi connectivity index (χ3n) is 6.21. The van der Waals surface area contributed by atoms with E-state index >= 15 is 0 Å². The van der Waals surface area contributed by atoms with Crippen LogP contribution < -0.4 is 0 Å². The average Bonchev–Trinajstić information content (AvgIpc) is 2.82. The zero-order valence-corrected chi connectivity index (χ0v) is 23.7. The van der Waals surface area contributed by atoms with Gasteiger partial charge in [0.05, 0.1) is 0 Å². The molecule has 0 aliphatic rings. The van der Waals surface area contributed by atoms with Crippen molar-refractivity contribution >= 4 is 0 Å². The van der Waals surface area contributed by atoms with Gasteiger partial charge in [0, 0.05) is 19.8 Å². The lowest BCUT2D eigenvalue weighted by molar-refractivity contribution is -0.150. The third kappa shape index (κ3) is 27.6. The van der Waals surface area contributed by atoms with Gasteiger partial charge in [-0.3, -0.25) is 0 Å². The molecule has 0 aromatic carbocycles. The summed E-state index contributed by atoms with van der Waals surface area (Å²) < 4.78 is 12.1. The van der Waals surface area contributed by atoms with Gasteiger partial charge in [-0.05, 0) is 59.0 Å². The van der Waals surface area contributed by atoms with Crippen molar-refractivity contribution in [2.24, 2.45) is 0 Å². The van der Waals surface area contributed by atoms with Crippen molar-refractivity contribution in [3.05, 3.63) is 24.3 Å². The monoisotopic (exact) mass is 479 g/mol. The van der Waals surface area contributed by atoms with Crippen LogP contribution in [0.3, 0.4) is 0 Å². The first-order valence-electron chi connectivity index (χ1n) is 14.9. The van der Waals surface area contributed by atoms with Crippen LogP contribution in [-0.4, -0.2) is 45.0 Å². The van der Waals surface area contributed by atoms with Gasteiger partial charge in [0.2, 0.25) is 0 Å². The van der Waals surface area contributed by atoms with Gasteiger partial charge in [0.25, 0.3) is 0 Å². The molecule has 0 bridgehead atoms. The second-order valence-corrected chi connectivity index (χ2v) is 10.1. The minimum atomic E-state index is -0.0759. The van der Waals surface area contributed by atoms with Crippen molar-refractivity contribution in [1.82, 2.24) is 4.90 Å². The van der Waals surface area contributed by atoms with E-state index in [1.807, 2.05) is 0 Å². The Morgan fingerprint density at radius 2 is 0.941 bits per heavy atom. The average molecular weight is 480 g/mol. The minimum absolute atomic E-state index is 0.0759. The van der Waals surface area contributed by atoms with Gasteiger partial charge in [0.15, 0.2) is 6.29 Å². The Hall–Kier alpha value is -0.640. The van der Waals surface area contributed by atoms with Crippen LogP contribution >= 0.6 is 0 Å². The van der Waals surface area contributed by atoms with Crippen molar-refractivity contribution in [2.45, 2.75) is 142 Å². The summed E-state index contributed by atoms with van der Waals surface area (Å²) in [5.41, 5.74) is 0. The summed E-state index contributed by atoms with van der Waals surface area (Å²) in [4.78, 5) is 2.16. The summed E-state index contributed by atoms with van der Waals surface area (Å²) >= 11 is 0. The van der Waals surface area contributed by atoms with Gasteiger partial charge >= 0.3 is 0 Å². The zero-order valence-electron chi connectivity index (χ0n) is 23.7. The van der Waals surface area contributed by atoms with Crippen molar-refractivity contribution in [3.8, 4) is 0 Å². The maximum Gasteiger partial charge on any atom is 0.170 e. The molecule has 0 amide bonds. The largest absolute Gasteiger partial charge is 0.351 e. The molecular formula is C31H61NO2. The molecule has 0 N–H and O–H groups in total. The van der Waals surface area contributed by atoms with E-state index in [1.165, 1.54) is 103 Å². The lowest BCUT2D eigenvalue weighted by Gasteiger charge is -2.22. The summed E-state index contributed by atoms with van der Waals surface area (Å²) in [5, 5.41) is 0. The number of hydrogen-bond donors (Lipinski definition) is 0. The maximum absolute atomic E-state index is 6.05. The van der Waals surface area contributed by atoms with E-state index in [1.54, 1.807) is 0 Å². The van der Waals surface area contributed by atoms with Crippen LogP contribution in [0.2, 0.25) is 0 Å². The number of ether oxygens (including phenoxy) is 2. The molecule has 0 fully saturated rings. The number of hydrogen-bond acceptors (Lipinski definition) is 3. The zero-order chi connectivity index (χ0) is 25.0. The second kappa shape index (κ2) is 28.6. The highest BCUT2D eigenvalue weighted by molar-refractivity contribution is 4.92. The van der Waals surface area contributed by atoms with Crippen molar-refractivity contribution in [3.63, 3.8) is 0 Å². The quantitative estimate of drug-likeness (QED) is 0.0665. The molecule has 3 heteroatoms. The third-order valence-corrected chi connectivity index (χ3v) is 6.21. The molecule has 0 spiro atoms. The molecule has 0 aliphatic carbocycles. The Balaban J connectivity index is 3.55. The van der Waals surface area contributed by atoms with Crippen LogP contribution in [0.15, 0.2) is 24.3 Å². The van der Waals surface area contributed by atoms with Crippen molar-refractivity contribution in [1.29, 1.82) is 0 Å². The van der Waals surface area contributed by atoms with E-state index in [2.05, 4.69) is 57.1 Å². The van der Waals surface area contributed by atoms with Gasteiger partial charge in [-0.25, -0.2) is 0 Å². The highest BCUT2D eigenvalue weighted by Gasteiger charge is 2.10. The van der Waals surface area contributed by atoms with Crippen LogP contribution in [0.5, 0.6) is 0 Å². The number of allylic oxidation sites excluding steroid dienone is 4. The fourth-order valence-corrected chi connectivity index (χ4v) is 4.03. The molecular weight excluding hydrogens is 418 g/mol. The van der Waals surface area contributed by atoms with E-state index in [0.717, 1.165) is 39.0 Å². The second-order valence-electron chi connectivity index (χ2n) is 10.1. The Kier molecular flexibility index (Phi) is 28.1. The summed E-state index contributed by atoms with van der Waals surface area (Å²) in [7, 11) is 4.18. The maximum atomic E-state index is 6.05. The Morgan fingerprint density at radius 1 is 0.529 bits per heavy atom. The van der Waals surface area contributed by atoms with Gasteiger partial charge in [0.1, 0.15) is 0 Å². The Morgan fingerprint density at radius 3 is 1.44 bits per heavy atom. The molecule has 1 atom stereocenters. The van der Waals surface area contributed by atoms with Crippen LogP contribution in [0.1, 0.15) is 136 Å². The molecule has 0 saturated heterocycles. The summed E-state index contributed by atoms with van der Waals surface area (Å²) in [6, 6.07) is 0. The molecule has 1 unspecified atom stereocenters. The molecule has 0 rings (SSSR count). The van der Waals surface area contributed by atoms with Crippen LogP contribution in [0, 0.1) is 0 Å². The smallest absolute Gasteiger partial charge is 0.170 e. The minimum Gasteiger partial charge on any atom is -0.351 e. The summed E-state index contributed by atoms with van der Waals surface area (Å²) in [6.07, 6.45) is 33.9. The van der Waals surface area contributed by atoms with E-state index in [-0.39, 0.29) is 6.29 Å². The van der Waals surface area contributed by atoms with Crippen molar-refractivity contribution in [2.75, 3.05) is 33.9 Å². The Bertz CT molecular complexity index is 433. The first kappa shape index (κ1) is 33.4. The highest BCUT2D eigenvalue weighted by atomic mass is 16.7. The van der Waals surface area contributed by atoms with Crippen LogP contribution in [0.4, 0.5) is 0 Å². The molecule has 0 radical (unpaired) electrons. The molecule has 0 aromatic heterocycles. The lowest BCUT2D eigenvalue weighted by atomic mass is 10.1. The number of unbranched alkanes of at least 4 members (excludes halogenated alkanes) is 15. The summed E-state index contributed by atoms with van der Waals surface area (Å²) in [6.45, 7) is 7.03. The fraction of sp³-hybridized carbons (Fsp3) is 0.871. The van der Waals surface area contributed by atoms with Crippen LogP contribution in [0.25, 0.3) is 0 Å². The molecule has 202 valence electrons.